The Morgan fingerprint density at radius 2 is 1.68 bits per heavy atom. The number of carbonyl (C=O) groups is 1. The van der Waals surface area contributed by atoms with Crippen LogP contribution >= 0.6 is 0 Å². The first-order valence-corrected chi connectivity index (χ1v) is 10.5. The van der Waals surface area contributed by atoms with Gasteiger partial charge in [0.1, 0.15) is 5.84 Å². The molecule has 3 heterocycles. The van der Waals surface area contributed by atoms with Crippen molar-refractivity contribution >= 4 is 17.9 Å². The highest BCUT2D eigenvalue weighted by Gasteiger charge is 2.24. The highest BCUT2D eigenvalue weighted by molar-refractivity contribution is 5.97. The fourth-order valence-corrected chi connectivity index (χ4v) is 3.98. The van der Waals surface area contributed by atoms with Gasteiger partial charge >= 0.3 is 0 Å². The van der Waals surface area contributed by atoms with Gasteiger partial charge in [-0.2, -0.15) is 15.0 Å². The van der Waals surface area contributed by atoms with Crippen LogP contribution in [0.5, 0.6) is 0 Å². The average Bonchev–Trinajstić information content (AvgIpc) is 3.12. The molecule has 0 spiro atoms. The minimum absolute atomic E-state index is 0.00112. The maximum absolute atomic E-state index is 13.3. The number of aliphatic imine (C=N–C) groups is 1. The lowest BCUT2D eigenvalue weighted by Gasteiger charge is -2.24. The number of hydrogen-bond donors (Lipinski definition) is 0. The smallest absolute Gasteiger partial charge is 0.256 e. The zero-order valence-corrected chi connectivity index (χ0v) is 17.1. The van der Waals surface area contributed by atoms with Crippen LogP contribution in [0.25, 0.3) is 11.9 Å². The summed E-state index contributed by atoms with van der Waals surface area (Å²) in [7, 11) is 0. The Morgan fingerprint density at radius 1 is 0.871 bits per heavy atom. The van der Waals surface area contributed by atoms with Crippen LogP contribution in [0.4, 0.5) is 0 Å². The van der Waals surface area contributed by atoms with E-state index in [1.54, 1.807) is 12.4 Å². The molecule has 0 aliphatic carbocycles. The van der Waals surface area contributed by atoms with Crippen LogP contribution in [0, 0.1) is 0 Å². The van der Waals surface area contributed by atoms with Gasteiger partial charge in [-0.25, -0.2) is 4.99 Å². The van der Waals surface area contributed by atoms with E-state index in [1.165, 1.54) is 4.80 Å². The van der Waals surface area contributed by atoms with Gasteiger partial charge in [-0.15, -0.1) is 0 Å². The van der Waals surface area contributed by atoms with Crippen LogP contribution in [-0.4, -0.2) is 69.3 Å². The number of amides is 1. The molecule has 0 bridgehead atoms. The maximum Gasteiger partial charge on any atom is 0.256 e. The van der Waals surface area contributed by atoms with Gasteiger partial charge < -0.3 is 9.80 Å². The van der Waals surface area contributed by atoms with E-state index in [0.717, 1.165) is 35.9 Å². The molecule has 5 rings (SSSR count). The van der Waals surface area contributed by atoms with E-state index in [-0.39, 0.29) is 5.91 Å². The van der Waals surface area contributed by atoms with Gasteiger partial charge in [0.2, 0.25) is 0 Å². The molecule has 1 aromatic heterocycles. The molecule has 31 heavy (non-hydrogen) atoms. The Kier molecular flexibility index (Phi) is 5.26. The number of benzene rings is 2. The summed E-state index contributed by atoms with van der Waals surface area (Å²) < 4.78 is 0. The fraction of sp³-hybridized carbons (Fsp3) is 0.261. The number of amidine groups is 1. The SMILES string of the molecule is O=C(c1ccccc1-n1nccn1)N1CCCN(C2=NC=c3ccccc3=NC2)CC1. The normalized spacial score (nSPS) is 16.3. The molecule has 0 radical (unpaired) electrons. The topological polar surface area (TPSA) is 79.0 Å². The van der Waals surface area contributed by atoms with Gasteiger partial charge in [-0.1, -0.05) is 30.3 Å². The first-order chi connectivity index (χ1) is 15.3. The number of hydrogen-bond acceptors (Lipinski definition) is 6. The summed E-state index contributed by atoms with van der Waals surface area (Å²) in [6.45, 7) is 3.46. The second kappa shape index (κ2) is 8.51. The number of rotatable bonds is 2. The molecule has 1 saturated heterocycles. The maximum atomic E-state index is 13.3. The van der Waals surface area contributed by atoms with E-state index in [9.17, 15) is 4.79 Å². The summed E-state index contributed by atoms with van der Waals surface area (Å²) in [6.07, 6.45) is 5.99. The van der Waals surface area contributed by atoms with E-state index >= 15 is 0 Å². The number of aromatic nitrogens is 3. The minimum atomic E-state index is 0.00112. The fourth-order valence-electron chi connectivity index (χ4n) is 3.98. The molecule has 1 fully saturated rings. The predicted octanol–water partition coefficient (Wildman–Crippen LogP) is 0.885. The molecule has 0 atom stereocenters. The molecule has 2 aliphatic heterocycles. The summed E-state index contributed by atoms with van der Waals surface area (Å²) in [5.74, 6) is 0.952. The summed E-state index contributed by atoms with van der Waals surface area (Å²) in [4.78, 5) is 28.4. The predicted molar refractivity (Wildman–Crippen MR) is 117 cm³/mol. The third-order valence-electron chi connectivity index (χ3n) is 5.60. The van der Waals surface area contributed by atoms with E-state index in [0.29, 0.717) is 30.9 Å². The van der Waals surface area contributed by atoms with Crippen molar-refractivity contribution in [1.82, 2.24) is 24.8 Å². The number of para-hydroxylation sites is 2. The van der Waals surface area contributed by atoms with Gasteiger partial charge in [0.05, 0.1) is 35.5 Å². The van der Waals surface area contributed by atoms with Crippen LogP contribution in [0.15, 0.2) is 70.9 Å². The molecule has 2 aromatic carbocycles. The molecule has 156 valence electrons. The second-order valence-electron chi connectivity index (χ2n) is 7.52. The van der Waals surface area contributed by atoms with Crippen molar-refractivity contribution in [3.63, 3.8) is 0 Å². The standard InChI is InChI=1S/C23H23N7O/c31-23(19-7-2-4-9-21(19)30-26-10-11-27-30)29-13-5-12-28(14-15-29)22-17-24-20-8-3-1-6-18(20)16-25-22/h1-4,6-11,16H,5,12-15,17H2. The van der Waals surface area contributed by atoms with Crippen molar-refractivity contribution in [3.05, 3.63) is 77.1 Å². The lowest BCUT2D eigenvalue weighted by Crippen LogP contribution is -2.38. The first kappa shape index (κ1) is 19.2. The van der Waals surface area contributed by atoms with Gasteiger partial charge in [-0.3, -0.25) is 9.79 Å². The third-order valence-corrected chi connectivity index (χ3v) is 5.60. The summed E-state index contributed by atoms with van der Waals surface area (Å²) in [5, 5.41) is 10.4. The lowest BCUT2D eigenvalue weighted by molar-refractivity contribution is 0.0763. The van der Waals surface area contributed by atoms with Crippen molar-refractivity contribution in [1.29, 1.82) is 0 Å². The van der Waals surface area contributed by atoms with E-state index in [1.807, 2.05) is 59.6 Å². The molecular weight excluding hydrogens is 390 g/mol. The van der Waals surface area contributed by atoms with E-state index in [4.69, 9.17) is 9.98 Å². The molecule has 1 amide bonds. The Morgan fingerprint density at radius 3 is 2.58 bits per heavy atom. The minimum Gasteiger partial charge on any atom is -0.357 e. The van der Waals surface area contributed by atoms with Crippen molar-refractivity contribution in [2.75, 3.05) is 32.7 Å². The molecule has 3 aromatic rings. The zero-order valence-electron chi connectivity index (χ0n) is 17.1. The Labute approximate surface area is 179 Å². The lowest BCUT2D eigenvalue weighted by atomic mass is 10.1. The van der Waals surface area contributed by atoms with Crippen LogP contribution in [0.1, 0.15) is 16.8 Å². The van der Waals surface area contributed by atoms with Gasteiger partial charge in [-0.05, 0) is 24.6 Å². The Bertz CT molecular complexity index is 1230. The van der Waals surface area contributed by atoms with Crippen molar-refractivity contribution in [3.8, 4) is 5.69 Å². The monoisotopic (exact) mass is 413 g/mol. The van der Waals surface area contributed by atoms with Crippen LogP contribution in [0.2, 0.25) is 0 Å². The zero-order chi connectivity index (χ0) is 21.0. The van der Waals surface area contributed by atoms with Gasteiger partial charge in [0, 0.05) is 37.6 Å². The molecule has 0 unspecified atom stereocenters. The number of carbonyl (C=O) groups excluding carboxylic acids is 1. The van der Waals surface area contributed by atoms with Crippen LogP contribution in [0.3, 0.4) is 0 Å². The van der Waals surface area contributed by atoms with Gasteiger partial charge in [0.15, 0.2) is 0 Å². The molecule has 8 nitrogen and oxygen atoms in total. The second-order valence-corrected chi connectivity index (χ2v) is 7.52. The van der Waals surface area contributed by atoms with Gasteiger partial charge in [0.25, 0.3) is 5.91 Å². The highest BCUT2D eigenvalue weighted by Crippen LogP contribution is 2.16. The van der Waals surface area contributed by atoms with E-state index < -0.39 is 0 Å². The Hall–Kier alpha value is -3.81. The van der Waals surface area contributed by atoms with Crippen LogP contribution in [-0.2, 0) is 0 Å². The number of nitrogens with zero attached hydrogens (tertiary/aromatic N) is 7. The average molecular weight is 413 g/mol. The summed E-state index contributed by atoms with van der Waals surface area (Å²) in [5.41, 5.74) is 1.30. The van der Waals surface area contributed by atoms with Crippen molar-refractivity contribution < 1.29 is 4.79 Å². The molecular formula is C23H23N7O. The van der Waals surface area contributed by atoms with E-state index in [2.05, 4.69) is 15.1 Å². The molecule has 2 aliphatic rings. The van der Waals surface area contributed by atoms with Crippen molar-refractivity contribution in [2.45, 2.75) is 6.42 Å². The Balaban J connectivity index is 1.33. The molecule has 0 saturated carbocycles. The largest absolute Gasteiger partial charge is 0.357 e. The number of fused-ring (bicyclic) bond motifs is 1. The molecule has 8 heteroatoms. The molecule has 0 N–H and O–H groups in total. The summed E-state index contributed by atoms with van der Waals surface area (Å²) in [6, 6.07) is 15.5. The highest BCUT2D eigenvalue weighted by atomic mass is 16.2. The summed E-state index contributed by atoms with van der Waals surface area (Å²) >= 11 is 0. The first-order valence-electron chi connectivity index (χ1n) is 10.5. The quantitative estimate of drug-likeness (QED) is 0.625. The van der Waals surface area contributed by atoms with Crippen LogP contribution < -0.4 is 10.6 Å². The van der Waals surface area contributed by atoms with Crippen molar-refractivity contribution in [2.24, 2.45) is 9.98 Å². The third kappa shape index (κ3) is 3.96.